The van der Waals surface area contributed by atoms with Crippen LogP contribution in [-0.4, -0.2) is 33.1 Å². The van der Waals surface area contributed by atoms with Gasteiger partial charge < -0.3 is 14.2 Å². The zero-order valence-electron chi connectivity index (χ0n) is 14.0. The number of benzene rings is 1. The van der Waals surface area contributed by atoms with Gasteiger partial charge in [-0.3, -0.25) is 9.59 Å². The molecule has 3 atom stereocenters. The van der Waals surface area contributed by atoms with Crippen LogP contribution in [0.25, 0.3) is 0 Å². The van der Waals surface area contributed by atoms with E-state index < -0.39 is 11.4 Å². The Bertz CT molecular complexity index is 731. The monoisotopic (exact) mass is 328 g/mol. The molecule has 0 saturated heterocycles. The Morgan fingerprint density at radius 3 is 2.38 bits per heavy atom. The largest absolute Gasteiger partial charge is 0.501 e. The Balaban J connectivity index is 2.11. The first-order chi connectivity index (χ1) is 11.5. The molecular weight excluding hydrogens is 308 g/mol. The molecule has 24 heavy (non-hydrogen) atoms. The highest BCUT2D eigenvalue weighted by Gasteiger charge is 2.62. The second kappa shape index (κ2) is 5.82. The normalized spacial score (nSPS) is 28.4. The van der Waals surface area contributed by atoms with Crippen molar-refractivity contribution in [3.63, 3.8) is 0 Å². The number of esters is 1. The molecule has 0 amide bonds. The average Bonchev–Trinajstić information content (AvgIpc) is 2.88. The third-order valence-electron chi connectivity index (χ3n) is 5.16. The quantitative estimate of drug-likeness (QED) is 0.483. The third-order valence-corrected chi connectivity index (χ3v) is 5.16. The van der Waals surface area contributed by atoms with Gasteiger partial charge in [-0.25, -0.2) is 0 Å². The van der Waals surface area contributed by atoms with E-state index in [9.17, 15) is 9.59 Å². The highest BCUT2D eigenvalue weighted by molar-refractivity contribution is 6.14. The van der Waals surface area contributed by atoms with Crippen LogP contribution < -0.4 is 4.74 Å². The van der Waals surface area contributed by atoms with Crippen LogP contribution in [0, 0.1) is 11.3 Å². The molecule has 0 heterocycles. The van der Waals surface area contributed by atoms with E-state index in [1.165, 1.54) is 20.3 Å². The molecule has 5 nitrogen and oxygen atoms in total. The molecule has 1 aromatic rings. The van der Waals surface area contributed by atoms with Crippen molar-refractivity contribution in [2.24, 2.45) is 11.3 Å². The predicted octanol–water partition coefficient (Wildman–Crippen LogP) is 2.63. The fourth-order valence-corrected chi connectivity index (χ4v) is 3.91. The van der Waals surface area contributed by atoms with Crippen molar-refractivity contribution >= 4 is 11.8 Å². The van der Waals surface area contributed by atoms with Gasteiger partial charge in [0.15, 0.2) is 11.2 Å². The maximum atomic E-state index is 12.7. The first-order valence-electron chi connectivity index (χ1n) is 7.71. The van der Waals surface area contributed by atoms with Crippen molar-refractivity contribution in [1.29, 1.82) is 0 Å². The van der Waals surface area contributed by atoms with Gasteiger partial charge in [0.25, 0.3) is 0 Å². The van der Waals surface area contributed by atoms with Crippen LogP contribution in [-0.2, 0) is 19.1 Å². The molecule has 0 aromatic heterocycles. The summed E-state index contributed by atoms with van der Waals surface area (Å²) in [5, 5.41) is 0. The Hall–Kier alpha value is -2.56. The highest BCUT2D eigenvalue weighted by Crippen LogP contribution is 2.59. The summed E-state index contributed by atoms with van der Waals surface area (Å²) in [6.45, 7) is 4.12. The first kappa shape index (κ1) is 16.3. The summed E-state index contributed by atoms with van der Waals surface area (Å²) < 4.78 is 15.5. The maximum Gasteiger partial charge on any atom is 0.323 e. The molecule has 1 saturated carbocycles. The summed E-state index contributed by atoms with van der Waals surface area (Å²) in [6.07, 6.45) is 1.74. The molecule has 3 rings (SSSR count). The Morgan fingerprint density at radius 1 is 1.17 bits per heavy atom. The number of ketones is 1. The summed E-state index contributed by atoms with van der Waals surface area (Å²) in [6, 6.07) is 7.57. The molecule has 0 spiro atoms. The number of carbonyl (C=O) groups is 2. The van der Waals surface area contributed by atoms with Gasteiger partial charge in [0, 0.05) is 17.9 Å². The van der Waals surface area contributed by atoms with E-state index >= 15 is 0 Å². The van der Waals surface area contributed by atoms with Gasteiger partial charge in [0.1, 0.15) is 11.5 Å². The number of rotatable bonds is 4. The van der Waals surface area contributed by atoms with Crippen LogP contribution in [0.2, 0.25) is 0 Å². The number of ether oxygens (including phenoxy) is 3. The van der Waals surface area contributed by atoms with Gasteiger partial charge in [-0.1, -0.05) is 18.7 Å². The van der Waals surface area contributed by atoms with E-state index in [0.717, 1.165) is 11.3 Å². The van der Waals surface area contributed by atoms with Crippen LogP contribution in [0.4, 0.5) is 0 Å². The van der Waals surface area contributed by atoms with E-state index in [0.29, 0.717) is 17.8 Å². The minimum atomic E-state index is -1.31. The molecule has 0 aliphatic heterocycles. The number of carbonyl (C=O) groups excluding carboxylic acids is 2. The third kappa shape index (κ3) is 2.08. The molecule has 2 aliphatic carbocycles. The van der Waals surface area contributed by atoms with E-state index in [1.807, 2.05) is 24.3 Å². The van der Waals surface area contributed by atoms with Gasteiger partial charge in [-0.2, -0.15) is 0 Å². The van der Waals surface area contributed by atoms with Gasteiger partial charge in [0.2, 0.25) is 0 Å². The summed E-state index contributed by atoms with van der Waals surface area (Å²) in [4.78, 5) is 25.1. The van der Waals surface area contributed by atoms with Crippen molar-refractivity contribution in [3.8, 4) is 5.75 Å². The molecule has 1 aromatic carbocycles. The lowest BCUT2D eigenvalue weighted by Gasteiger charge is -2.27. The smallest absolute Gasteiger partial charge is 0.323 e. The van der Waals surface area contributed by atoms with Crippen molar-refractivity contribution in [1.82, 2.24) is 0 Å². The minimum Gasteiger partial charge on any atom is -0.501 e. The SMILES string of the molecule is C=C1[C@H](c2ccc(OC)cc2)[C@H]2C[C@]1(C(=O)OC)C(=O)C=C2OC. The zero-order valence-corrected chi connectivity index (χ0v) is 14.0. The topological polar surface area (TPSA) is 61.8 Å². The van der Waals surface area contributed by atoms with E-state index in [2.05, 4.69) is 6.58 Å². The van der Waals surface area contributed by atoms with Gasteiger partial charge in [-0.05, 0) is 29.7 Å². The number of hydrogen-bond donors (Lipinski definition) is 0. The summed E-state index contributed by atoms with van der Waals surface area (Å²) in [7, 11) is 4.44. The lowest BCUT2D eigenvalue weighted by Crippen LogP contribution is -2.40. The van der Waals surface area contributed by atoms with Gasteiger partial charge in [-0.15, -0.1) is 0 Å². The number of methoxy groups -OCH3 is 3. The number of fused-ring (bicyclic) bond motifs is 2. The van der Waals surface area contributed by atoms with Crippen molar-refractivity contribution in [3.05, 3.63) is 53.8 Å². The molecule has 126 valence electrons. The Morgan fingerprint density at radius 2 is 1.83 bits per heavy atom. The van der Waals surface area contributed by atoms with Crippen molar-refractivity contribution in [2.75, 3.05) is 21.3 Å². The second-order valence-corrected chi connectivity index (χ2v) is 6.10. The highest BCUT2D eigenvalue weighted by atomic mass is 16.5. The number of hydrogen-bond acceptors (Lipinski definition) is 5. The van der Waals surface area contributed by atoms with E-state index in [1.54, 1.807) is 7.11 Å². The maximum absolute atomic E-state index is 12.7. The van der Waals surface area contributed by atoms with Crippen molar-refractivity contribution < 1.29 is 23.8 Å². The standard InChI is InChI=1S/C19H20O5/c1-11-17(12-5-7-13(22-2)8-6-12)14-10-19(11,18(21)24-4)16(20)9-15(14)23-3/h5-9,14,17H,1,10H2,2-4H3/t14-,17+,19+/m0/s1. The minimum absolute atomic E-state index is 0.118. The second-order valence-electron chi connectivity index (χ2n) is 6.10. The average molecular weight is 328 g/mol. The lowest BCUT2D eigenvalue weighted by atomic mass is 9.75. The van der Waals surface area contributed by atoms with Gasteiger partial charge in [0.05, 0.1) is 21.3 Å². The fourth-order valence-electron chi connectivity index (χ4n) is 3.91. The molecule has 0 unspecified atom stereocenters. The Labute approximate surface area is 140 Å². The Kier molecular flexibility index (Phi) is 3.95. The van der Waals surface area contributed by atoms with Crippen LogP contribution in [0.15, 0.2) is 48.3 Å². The molecule has 2 aliphatic rings. The summed E-state index contributed by atoms with van der Waals surface area (Å²) in [5.41, 5.74) is 0.221. The zero-order chi connectivity index (χ0) is 17.5. The van der Waals surface area contributed by atoms with Crippen LogP contribution in [0.5, 0.6) is 5.75 Å². The molecule has 0 radical (unpaired) electrons. The lowest BCUT2D eigenvalue weighted by molar-refractivity contribution is -0.154. The molecular formula is C19H20O5. The van der Waals surface area contributed by atoms with Crippen LogP contribution >= 0.6 is 0 Å². The van der Waals surface area contributed by atoms with E-state index in [4.69, 9.17) is 14.2 Å². The van der Waals surface area contributed by atoms with E-state index in [-0.39, 0.29) is 17.6 Å². The predicted molar refractivity (Wildman–Crippen MR) is 87.5 cm³/mol. The van der Waals surface area contributed by atoms with Crippen LogP contribution in [0.1, 0.15) is 17.9 Å². The summed E-state index contributed by atoms with van der Waals surface area (Å²) >= 11 is 0. The number of allylic oxidation sites excluding steroid dienone is 2. The van der Waals surface area contributed by atoms with Crippen LogP contribution in [0.3, 0.4) is 0 Å². The van der Waals surface area contributed by atoms with Crippen molar-refractivity contribution in [2.45, 2.75) is 12.3 Å². The fraction of sp³-hybridized carbons (Fsp3) is 0.368. The molecule has 2 bridgehead atoms. The van der Waals surface area contributed by atoms with Gasteiger partial charge >= 0.3 is 5.97 Å². The molecule has 5 heteroatoms. The first-order valence-corrected chi connectivity index (χ1v) is 7.71. The molecule has 0 N–H and O–H groups in total. The molecule has 1 fully saturated rings. The summed E-state index contributed by atoms with van der Waals surface area (Å²) in [5.74, 6) is 0.152.